The summed E-state index contributed by atoms with van der Waals surface area (Å²) >= 11 is 0. The van der Waals surface area contributed by atoms with Crippen molar-refractivity contribution in [2.75, 3.05) is 19.6 Å². The number of carbonyl (C=O) groups is 2. The molecule has 92 valence electrons. The van der Waals surface area contributed by atoms with Crippen LogP contribution in [0.2, 0.25) is 0 Å². The van der Waals surface area contributed by atoms with Crippen LogP contribution in [0.4, 0.5) is 0 Å². The van der Waals surface area contributed by atoms with Gasteiger partial charge in [-0.25, -0.2) is 0 Å². The van der Waals surface area contributed by atoms with E-state index in [9.17, 15) is 9.59 Å². The van der Waals surface area contributed by atoms with E-state index < -0.39 is 0 Å². The summed E-state index contributed by atoms with van der Waals surface area (Å²) in [6.07, 6.45) is 4.28. The van der Waals surface area contributed by atoms with E-state index in [1.165, 1.54) is 0 Å². The number of nitrogens with one attached hydrogen (secondary N) is 1. The molecule has 0 aliphatic heterocycles. The molecule has 0 bridgehead atoms. The third-order valence-corrected chi connectivity index (χ3v) is 3.11. The van der Waals surface area contributed by atoms with Gasteiger partial charge >= 0.3 is 0 Å². The maximum Gasteiger partial charge on any atom is 0.239 e. The molecule has 0 aromatic heterocycles. The van der Waals surface area contributed by atoms with Crippen molar-refractivity contribution in [1.29, 1.82) is 0 Å². The molecule has 1 aliphatic rings. The van der Waals surface area contributed by atoms with Crippen LogP contribution < -0.4 is 5.32 Å². The molecule has 1 rings (SSSR count). The smallest absolute Gasteiger partial charge is 0.239 e. The predicted octanol–water partition coefficient (Wildman–Crippen LogP) is 1.16. The van der Waals surface area contributed by atoms with Crippen molar-refractivity contribution < 1.29 is 9.59 Å². The maximum absolute atomic E-state index is 12.1. The van der Waals surface area contributed by atoms with Crippen molar-refractivity contribution in [3.05, 3.63) is 0 Å². The van der Waals surface area contributed by atoms with Crippen LogP contribution in [0.1, 0.15) is 39.5 Å². The summed E-state index contributed by atoms with van der Waals surface area (Å²) in [5.74, 6) is 0.260. The highest BCUT2D eigenvalue weighted by atomic mass is 16.2. The molecular formula is C12H22N2O2. The number of carbonyl (C=O) groups excluding carboxylic acids is 2. The zero-order valence-electron chi connectivity index (χ0n) is 10.3. The minimum atomic E-state index is -0.0595. The highest BCUT2D eigenvalue weighted by Gasteiger charge is 2.27. The molecular weight excluding hydrogens is 204 g/mol. The fourth-order valence-electron chi connectivity index (χ4n) is 2.20. The van der Waals surface area contributed by atoms with E-state index in [1.807, 2.05) is 13.8 Å². The molecule has 0 saturated heterocycles. The SMILES string of the molecule is CCNC(=O)CN(CC)C(=O)C1CCCC1. The van der Waals surface area contributed by atoms with Gasteiger partial charge in [0.15, 0.2) is 0 Å². The molecule has 1 aliphatic carbocycles. The molecule has 1 N–H and O–H groups in total. The molecule has 0 heterocycles. The molecule has 0 radical (unpaired) electrons. The zero-order chi connectivity index (χ0) is 12.0. The Hall–Kier alpha value is -1.06. The molecule has 2 amide bonds. The standard InChI is InChI=1S/C12H22N2O2/c1-3-13-11(15)9-14(4-2)12(16)10-7-5-6-8-10/h10H,3-9H2,1-2H3,(H,13,15). The fourth-order valence-corrected chi connectivity index (χ4v) is 2.20. The van der Waals surface area contributed by atoms with E-state index in [0.29, 0.717) is 13.1 Å². The van der Waals surface area contributed by atoms with Crippen LogP contribution >= 0.6 is 0 Å². The van der Waals surface area contributed by atoms with Gasteiger partial charge in [-0.3, -0.25) is 9.59 Å². The predicted molar refractivity (Wildman–Crippen MR) is 62.9 cm³/mol. The van der Waals surface area contributed by atoms with Crippen LogP contribution in [0.3, 0.4) is 0 Å². The summed E-state index contributed by atoms with van der Waals surface area (Å²) in [5.41, 5.74) is 0. The second kappa shape index (κ2) is 6.51. The van der Waals surface area contributed by atoms with Gasteiger partial charge in [-0.2, -0.15) is 0 Å². The summed E-state index contributed by atoms with van der Waals surface area (Å²) in [4.78, 5) is 25.2. The van der Waals surface area contributed by atoms with E-state index in [2.05, 4.69) is 5.32 Å². The Morgan fingerprint density at radius 2 is 1.88 bits per heavy atom. The average molecular weight is 226 g/mol. The lowest BCUT2D eigenvalue weighted by Gasteiger charge is -2.23. The Morgan fingerprint density at radius 1 is 1.25 bits per heavy atom. The van der Waals surface area contributed by atoms with Crippen LogP contribution in [-0.4, -0.2) is 36.3 Å². The van der Waals surface area contributed by atoms with E-state index in [0.717, 1.165) is 25.7 Å². The summed E-state index contributed by atoms with van der Waals surface area (Å²) in [7, 11) is 0. The second-order valence-electron chi connectivity index (χ2n) is 4.29. The molecule has 0 aromatic carbocycles. The molecule has 0 atom stereocenters. The Bertz CT molecular complexity index is 247. The fraction of sp³-hybridized carbons (Fsp3) is 0.833. The van der Waals surface area contributed by atoms with Crippen molar-refractivity contribution >= 4 is 11.8 Å². The molecule has 0 aromatic rings. The quantitative estimate of drug-likeness (QED) is 0.765. The van der Waals surface area contributed by atoms with Gasteiger partial charge in [0.1, 0.15) is 0 Å². The third kappa shape index (κ3) is 3.51. The van der Waals surface area contributed by atoms with Crippen molar-refractivity contribution in [3.8, 4) is 0 Å². The van der Waals surface area contributed by atoms with Crippen LogP contribution in [0, 0.1) is 5.92 Å². The van der Waals surface area contributed by atoms with Crippen molar-refractivity contribution in [3.63, 3.8) is 0 Å². The van der Waals surface area contributed by atoms with Crippen molar-refractivity contribution in [2.24, 2.45) is 5.92 Å². The molecule has 0 spiro atoms. The largest absolute Gasteiger partial charge is 0.355 e. The van der Waals surface area contributed by atoms with Gasteiger partial charge < -0.3 is 10.2 Å². The first-order valence-electron chi connectivity index (χ1n) is 6.24. The molecule has 1 saturated carbocycles. The summed E-state index contributed by atoms with van der Waals surface area (Å²) in [6.45, 7) is 5.25. The maximum atomic E-state index is 12.1. The van der Waals surface area contributed by atoms with E-state index in [1.54, 1.807) is 4.90 Å². The van der Waals surface area contributed by atoms with E-state index in [-0.39, 0.29) is 24.3 Å². The minimum Gasteiger partial charge on any atom is -0.355 e. The number of nitrogens with zero attached hydrogens (tertiary/aromatic N) is 1. The molecule has 4 heteroatoms. The van der Waals surface area contributed by atoms with Gasteiger partial charge in [0, 0.05) is 19.0 Å². The molecule has 4 nitrogen and oxygen atoms in total. The lowest BCUT2D eigenvalue weighted by atomic mass is 10.1. The Kier molecular flexibility index (Phi) is 5.29. The van der Waals surface area contributed by atoms with Crippen molar-refractivity contribution in [2.45, 2.75) is 39.5 Å². The van der Waals surface area contributed by atoms with Gasteiger partial charge in [-0.1, -0.05) is 12.8 Å². The van der Waals surface area contributed by atoms with Crippen LogP contribution in [0.5, 0.6) is 0 Å². The molecule has 16 heavy (non-hydrogen) atoms. The lowest BCUT2D eigenvalue weighted by Crippen LogP contribution is -2.42. The van der Waals surface area contributed by atoms with Crippen LogP contribution in [0.15, 0.2) is 0 Å². The van der Waals surface area contributed by atoms with Gasteiger partial charge in [0.25, 0.3) is 0 Å². The summed E-state index contributed by atoms with van der Waals surface area (Å²) in [6, 6.07) is 0. The number of likely N-dealkylation sites (N-methyl/N-ethyl adjacent to an activating group) is 2. The first-order valence-corrected chi connectivity index (χ1v) is 6.24. The monoisotopic (exact) mass is 226 g/mol. The van der Waals surface area contributed by atoms with E-state index >= 15 is 0 Å². The second-order valence-corrected chi connectivity index (χ2v) is 4.29. The van der Waals surface area contributed by atoms with Gasteiger partial charge in [-0.05, 0) is 26.7 Å². The highest BCUT2D eigenvalue weighted by Crippen LogP contribution is 2.26. The normalized spacial score (nSPS) is 16.1. The van der Waals surface area contributed by atoms with E-state index in [4.69, 9.17) is 0 Å². The first-order chi connectivity index (χ1) is 7.69. The van der Waals surface area contributed by atoms with Crippen molar-refractivity contribution in [1.82, 2.24) is 10.2 Å². The average Bonchev–Trinajstić information content (AvgIpc) is 2.78. The Morgan fingerprint density at radius 3 is 2.38 bits per heavy atom. The first kappa shape index (κ1) is 13.0. The highest BCUT2D eigenvalue weighted by molar-refractivity contribution is 5.86. The number of hydrogen-bond acceptors (Lipinski definition) is 2. The lowest BCUT2D eigenvalue weighted by molar-refractivity contribution is -0.139. The van der Waals surface area contributed by atoms with Gasteiger partial charge in [0.2, 0.25) is 11.8 Å². The topological polar surface area (TPSA) is 49.4 Å². The Labute approximate surface area is 97.4 Å². The minimum absolute atomic E-state index is 0.0595. The summed E-state index contributed by atoms with van der Waals surface area (Å²) in [5, 5.41) is 2.72. The Balaban J connectivity index is 2.45. The summed E-state index contributed by atoms with van der Waals surface area (Å²) < 4.78 is 0. The van der Waals surface area contributed by atoms with Crippen LogP contribution in [-0.2, 0) is 9.59 Å². The third-order valence-electron chi connectivity index (χ3n) is 3.11. The molecule has 1 fully saturated rings. The van der Waals surface area contributed by atoms with Gasteiger partial charge in [-0.15, -0.1) is 0 Å². The number of amides is 2. The van der Waals surface area contributed by atoms with Crippen LogP contribution in [0.25, 0.3) is 0 Å². The molecule has 0 unspecified atom stereocenters. The zero-order valence-corrected chi connectivity index (χ0v) is 10.3. The number of rotatable bonds is 5. The van der Waals surface area contributed by atoms with Gasteiger partial charge in [0.05, 0.1) is 6.54 Å². The number of hydrogen-bond donors (Lipinski definition) is 1.